The number of carbonyl (C=O) groups excluding carboxylic acids is 1. The number of halogens is 1. The Morgan fingerprint density at radius 1 is 1.20 bits per heavy atom. The van der Waals surface area contributed by atoms with Crippen molar-refractivity contribution < 1.29 is 4.79 Å². The minimum atomic E-state index is -0.0953. The molecule has 3 aromatic rings. The van der Waals surface area contributed by atoms with E-state index in [1.807, 2.05) is 43.3 Å². The number of hydrogen-bond acceptors (Lipinski definition) is 3. The number of nitrogens with zero attached hydrogens (tertiary/aromatic N) is 3. The maximum atomic E-state index is 12.6. The Balaban J connectivity index is 1.73. The molecule has 0 aliphatic heterocycles. The molecule has 0 bridgehead atoms. The molecule has 7 heteroatoms. The predicted octanol–water partition coefficient (Wildman–Crippen LogP) is 3.49. The van der Waals surface area contributed by atoms with E-state index in [0.717, 1.165) is 20.2 Å². The van der Waals surface area contributed by atoms with Crippen LogP contribution in [-0.2, 0) is 24.9 Å². The van der Waals surface area contributed by atoms with Crippen LogP contribution in [0.2, 0.25) is 4.34 Å². The largest absolute Gasteiger partial charge is 0.338 e. The number of fused-ring (bicyclic) bond motifs is 1. The molecule has 0 radical (unpaired) electrons. The normalized spacial score (nSPS) is 11.2. The van der Waals surface area contributed by atoms with Gasteiger partial charge in [-0.15, -0.1) is 11.3 Å². The van der Waals surface area contributed by atoms with Crippen LogP contribution >= 0.6 is 22.9 Å². The molecule has 1 aromatic carbocycles. The molecule has 0 unspecified atom stereocenters. The van der Waals surface area contributed by atoms with Crippen LogP contribution in [0, 0.1) is 0 Å². The molecule has 0 saturated heterocycles. The third-order valence-corrected chi connectivity index (χ3v) is 5.53. The predicted molar refractivity (Wildman–Crippen MR) is 102 cm³/mol. The first-order chi connectivity index (χ1) is 12.0. The summed E-state index contributed by atoms with van der Waals surface area (Å²) < 4.78 is 4.01. The van der Waals surface area contributed by atoms with Gasteiger partial charge in [0.2, 0.25) is 5.91 Å². The van der Waals surface area contributed by atoms with Gasteiger partial charge in [0.25, 0.3) is 0 Å². The Kier molecular flexibility index (Phi) is 5.30. The fraction of sp³-hybridized carbons (Fsp3) is 0.333. The van der Waals surface area contributed by atoms with Gasteiger partial charge in [0.15, 0.2) is 0 Å². The highest BCUT2D eigenvalue weighted by Crippen LogP contribution is 2.23. The fourth-order valence-electron chi connectivity index (χ4n) is 2.95. The highest BCUT2D eigenvalue weighted by atomic mass is 35.5. The van der Waals surface area contributed by atoms with Crippen molar-refractivity contribution in [2.24, 2.45) is 7.05 Å². The second-order valence-electron chi connectivity index (χ2n) is 5.85. The summed E-state index contributed by atoms with van der Waals surface area (Å²) >= 11 is 7.44. The summed E-state index contributed by atoms with van der Waals surface area (Å²) in [5.74, 6) is 0.0341. The van der Waals surface area contributed by atoms with Crippen molar-refractivity contribution in [2.75, 3.05) is 6.54 Å². The van der Waals surface area contributed by atoms with E-state index in [2.05, 4.69) is 0 Å². The summed E-state index contributed by atoms with van der Waals surface area (Å²) in [6.07, 6.45) is 0.293. The summed E-state index contributed by atoms with van der Waals surface area (Å²) in [6, 6.07) is 11.4. The van der Waals surface area contributed by atoms with Gasteiger partial charge in [0.05, 0.1) is 21.9 Å². The second-order valence-corrected chi connectivity index (χ2v) is 7.65. The number of carbonyl (C=O) groups is 1. The maximum absolute atomic E-state index is 12.6. The molecule has 0 atom stereocenters. The van der Waals surface area contributed by atoms with Gasteiger partial charge in [-0.1, -0.05) is 23.7 Å². The van der Waals surface area contributed by atoms with Gasteiger partial charge in [-0.05, 0) is 31.2 Å². The first-order valence-corrected chi connectivity index (χ1v) is 9.37. The fourth-order valence-corrected chi connectivity index (χ4v) is 4.05. The maximum Gasteiger partial charge on any atom is 0.328 e. The molecule has 5 nitrogen and oxygen atoms in total. The van der Waals surface area contributed by atoms with Crippen LogP contribution in [0.4, 0.5) is 0 Å². The highest BCUT2D eigenvalue weighted by molar-refractivity contribution is 7.16. The zero-order valence-electron chi connectivity index (χ0n) is 14.2. The Bertz CT molecular complexity index is 957. The molecular weight excluding hydrogens is 358 g/mol. The minimum absolute atomic E-state index is 0.0341. The molecular formula is C18H20ClN3O2S. The van der Waals surface area contributed by atoms with Gasteiger partial charge in [-0.3, -0.25) is 13.9 Å². The molecule has 0 fully saturated rings. The molecule has 1 amide bonds. The number of hydrogen-bond donors (Lipinski definition) is 0. The minimum Gasteiger partial charge on any atom is -0.338 e. The highest BCUT2D eigenvalue weighted by Gasteiger charge is 2.16. The van der Waals surface area contributed by atoms with Gasteiger partial charge in [0, 0.05) is 31.4 Å². The molecule has 2 heterocycles. The van der Waals surface area contributed by atoms with Crippen LogP contribution in [0.15, 0.2) is 41.2 Å². The van der Waals surface area contributed by atoms with E-state index >= 15 is 0 Å². The van der Waals surface area contributed by atoms with Crippen LogP contribution in [0.25, 0.3) is 11.0 Å². The smallest absolute Gasteiger partial charge is 0.328 e. The van der Waals surface area contributed by atoms with Crippen molar-refractivity contribution in [3.05, 3.63) is 56.1 Å². The molecule has 25 heavy (non-hydrogen) atoms. The number of imidazole rings is 1. The summed E-state index contributed by atoms with van der Waals surface area (Å²) in [7, 11) is 1.75. The molecule has 3 rings (SSSR count). The van der Waals surface area contributed by atoms with E-state index < -0.39 is 0 Å². The zero-order valence-corrected chi connectivity index (χ0v) is 15.8. The average Bonchev–Trinajstić information content (AvgIpc) is 3.13. The molecule has 0 aliphatic rings. The van der Waals surface area contributed by atoms with E-state index in [1.165, 1.54) is 11.3 Å². The Hall–Kier alpha value is -2.05. The Morgan fingerprint density at radius 3 is 2.56 bits per heavy atom. The molecule has 0 aliphatic carbocycles. The third-order valence-electron chi connectivity index (χ3n) is 4.31. The van der Waals surface area contributed by atoms with E-state index in [1.54, 1.807) is 21.1 Å². The molecule has 0 spiro atoms. The first kappa shape index (κ1) is 17.8. The summed E-state index contributed by atoms with van der Waals surface area (Å²) in [6.45, 7) is 3.51. The van der Waals surface area contributed by atoms with Crippen LogP contribution in [-0.4, -0.2) is 26.5 Å². The van der Waals surface area contributed by atoms with Crippen LogP contribution in [0.1, 0.15) is 18.2 Å². The van der Waals surface area contributed by atoms with Gasteiger partial charge in [0.1, 0.15) is 0 Å². The number of aromatic nitrogens is 2. The number of para-hydroxylation sites is 2. The van der Waals surface area contributed by atoms with Gasteiger partial charge >= 0.3 is 5.69 Å². The lowest BCUT2D eigenvalue weighted by Crippen LogP contribution is -2.32. The van der Waals surface area contributed by atoms with E-state index in [9.17, 15) is 9.59 Å². The van der Waals surface area contributed by atoms with Crippen molar-refractivity contribution in [3.8, 4) is 0 Å². The van der Waals surface area contributed by atoms with E-state index in [4.69, 9.17) is 11.6 Å². The Morgan fingerprint density at radius 2 is 1.92 bits per heavy atom. The van der Waals surface area contributed by atoms with Crippen molar-refractivity contribution in [3.63, 3.8) is 0 Å². The molecule has 0 saturated carbocycles. The topological polar surface area (TPSA) is 47.2 Å². The lowest BCUT2D eigenvalue weighted by atomic mass is 10.3. The second kappa shape index (κ2) is 7.45. The molecule has 0 N–H and O–H groups in total. The van der Waals surface area contributed by atoms with Gasteiger partial charge in [-0.2, -0.15) is 0 Å². The molecule has 2 aromatic heterocycles. The lowest BCUT2D eigenvalue weighted by molar-refractivity contribution is -0.131. The monoisotopic (exact) mass is 377 g/mol. The van der Waals surface area contributed by atoms with Crippen LogP contribution in [0.5, 0.6) is 0 Å². The number of benzene rings is 1. The third kappa shape index (κ3) is 3.65. The lowest BCUT2D eigenvalue weighted by Gasteiger charge is -2.20. The first-order valence-electron chi connectivity index (χ1n) is 8.17. The summed E-state index contributed by atoms with van der Waals surface area (Å²) in [4.78, 5) is 27.9. The summed E-state index contributed by atoms with van der Waals surface area (Å²) in [5.41, 5.74) is 1.64. The number of rotatable bonds is 6. The van der Waals surface area contributed by atoms with Crippen molar-refractivity contribution in [2.45, 2.75) is 26.4 Å². The quantitative estimate of drug-likeness (QED) is 0.660. The van der Waals surface area contributed by atoms with E-state index in [-0.39, 0.29) is 11.6 Å². The summed E-state index contributed by atoms with van der Waals surface area (Å²) in [5, 5.41) is 0. The van der Waals surface area contributed by atoms with Crippen molar-refractivity contribution >= 4 is 39.9 Å². The Labute approximate surface area is 155 Å². The zero-order chi connectivity index (χ0) is 18.0. The van der Waals surface area contributed by atoms with Crippen molar-refractivity contribution in [1.29, 1.82) is 0 Å². The number of thiophene rings is 1. The van der Waals surface area contributed by atoms with Gasteiger partial charge < -0.3 is 4.90 Å². The van der Waals surface area contributed by atoms with E-state index in [0.29, 0.717) is 26.1 Å². The number of amides is 1. The average molecular weight is 378 g/mol. The van der Waals surface area contributed by atoms with Gasteiger partial charge in [-0.25, -0.2) is 4.79 Å². The van der Waals surface area contributed by atoms with Crippen LogP contribution < -0.4 is 5.69 Å². The van der Waals surface area contributed by atoms with Crippen molar-refractivity contribution in [1.82, 2.24) is 14.0 Å². The number of aryl methyl sites for hydroxylation is 2. The standard InChI is InChI=1S/C18H20ClN3O2S/c1-3-21(12-13-8-9-16(19)25-13)17(23)10-11-22-15-7-5-4-6-14(15)20(2)18(22)24/h4-9H,3,10-12H2,1-2H3. The SMILES string of the molecule is CCN(Cc1ccc(Cl)s1)C(=O)CCn1c(=O)n(C)c2ccccc21. The molecule has 132 valence electrons. The van der Waals surface area contributed by atoms with Crippen LogP contribution in [0.3, 0.4) is 0 Å².